The summed E-state index contributed by atoms with van der Waals surface area (Å²) in [6.45, 7) is 2.42. The van der Waals surface area contributed by atoms with Gasteiger partial charge in [0.1, 0.15) is 6.17 Å². The fraction of sp³-hybridized carbons (Fsp3) is 0.600. The first-order chi connectivity index (χ1) is 6.75. The van der Waals surface area contributed by atoms with Crippen LogP contribution in [0.2, 0.25) is 0 Å². The lowest BCUT2D eigenvalue weighted by Crippen LogP contribution is -2.49. The molecule has 2 rings (SSSR count). The van der Waals surface area contributed by atoms with Crippen molar-refractivity contribution in [3.63, 3.8) is 0 Å². The van der Waals surface area contributed by atoms with E-state index in [2.05, 4.69) is 16.3 Å². The quantitative estimate of drug-likeness (QED) is 0.810. The molecule has 2 heterocycles. The van der Waals surface area contributed by atoms with Gasteiger partial charge in [0.2, 0.25) is 0 Å². The number of likely N-dealkylation sites (tertiary alicyclic amines) is 1. The van der Waals surface area contributed by atoms with Gasteiger partial charge in [-0.25, -0.2) is 4.39 Å². The second-order valence-electron chi connectivity index (χ2n) is 3.78. The maximum Gasteiger partial charge on any atom is 0.118 e. The van der Waals surface area contributed by atoms with E-state index in [0.717, 1.165) is 13.1 Å². The van der Waals surface area contributed by atoms with Crippen LogP contribution in [0.1, 0.15) is 11.3 Å². The number of alkyl halides is 1. The molecule has 1 saturated heterocycles. The third kappa shape index (κ3) is 2.32. The van der Waals surface area contributed by atoms with Crippen molar-refractivity contribution in [1.82, 2.24) is 4.90 Å². The van der Waals surface area contributed by atoms with Crippen LogP contribution in [0.4, 0.5) is 4.39 Å². The largest absolute Gasteiger partial charge is 0.324 e. The molecule has 0 spiro atoms. The zero-order valence-corrected chi connectivity index (χ0v) is 8.84. The fourth-order valence-corrected chi connectivity index (χ4v) is 2.54. The molecule has 2 N–H and O–H groups in total. The predicted molar refractivity (Wildman–Crippen MR) is 57.1 cm³/mol. The van der Waals surface area contributed by atoms with Crippen LogP contribution >= 0.6 is 11.3 Å². The Labute approximate surface area is 87.5 Å². The highest BCUT2D eigenvalue weighted by molar-refractivity contribution is 7.09. The average molecular weight is 214 g/mol. The van der Waals surface area contributed by atoms with Crippen molar-refractivity contribution in [1.29, 1.82) is 0 Å². The molecule has 1 aliphatic heterocycles. The van der Waals surface area contributed by atoms with Crippen molar-refractivity contribution in [2.24, 2.45) is 5.73 Å². The topological polar surface area (TPSA) is 29.3 Å². The maximum atomic E-state index is 13.1. The lowest BCUT2D eigenvalue weighted by atomic mass is 10.0. The monoisotopic (exact) mass is 214 g/mol. The smallest absolute Gasteiger partial charge is 0.118 e. The molecule has 2 atom stereocenters. The summed E-state index contributed by atoms with van der Waals surface area (Å²) in [7, 11) is 0. The number of hydrogen-bond acceptors (Lipinski definition) is 3. The zero-order valence-electron chi connectivity index (χ0n) is 8.03. The Morgan fingerprint density at radius 3 is 3.14 bits per heavy atom. The summed E-state index contributed by atoms with van der Waals surface area (Å²) in [5.74, 6) is 0. The predicted octanol–water partition coefficient (Wildman–Crippen LogP) is 1.62. The van der Waals surface area contributed by atoms with Crippen LogP contribution in [0.25, 0.3) is 0 Å². The Kier molecular flexibility index (Phi) is 3.15. The minimum absolute atomic E-state index is 0.302. The Hall–Kier alpha value is -0.450. The van der Waals surface area contributed by atoms with E-state index >= 15 is 0 Å². The van der Waals surface area contributed by atoms with E-state index in [-0.39, 0.29) is 6.04 Å². The van der Waals surface area contributed by atoms with Crippen molar-refractivity contribution < 1.29 is 4.39 Å². The Morgan fingerprint density at radius 2 is 2.50 bits per heavy atom. The SMILES string of the molecule is NC1CN(Cc2cccs2)CCC1F. The van der Waals surface area contributed by atoms with Gasteiger partial charge in [0.05, 0.1) is 0 Å². The standard InChI is InChI=1S/C10H15FN2S/c11-9-3-4-13(7-10(9)12)6-8-2-1-5-14-8/h1-2,5,9-10H,3-4,6-7,12H2. The van der Waals surface area contributed by atoms with E-state index in [9.17, 15) is 4.39 Å². The summed E-state index contributed by atoms with van der Waals surface area (Å²) in [5, 5.41) is 2.07. The van der Waals surface area contributed by atoms with Crippen LogP contribution in [-0.4, -0.2) is 30.2 Å². The van der Waals surface area contributed by atoms with Crippen LogP contribution in [0.3, 0.4) is 0 Å². The third-order valence-corrected chi connectivity index (χ3v) is 3.48. The zero-order chi connectivity index (χ0) is 9.97. The van der Waals surface area contributed by atoms with Crippen molar-refractivity contribution in [3.8, 4) is 0 Å². The molecule has 0 radical (unpaired) electrons. The first-order valence-corrected chi connectivity index (χ1v) is 5.78. The van der Waals surface area contributed by atoms with Gasteiger partial charge in [0.25, 0.3) is 0 Å². The average Bonchev–Trinajstić information content (AvgIpc) is 2.64. The van der Waals surface area contributed by atoms with E-state index in [1.54, 1.807) is 11.3 Å². The minimum atomic E-state index is -0.811. The van der Waals surface area contributed by atoms with Gasteiger partial charge in [0, 0.05) is 30.6 Å². The molecule has 0 aromatic carbocycles. The van der Waals surface area contributed by atoms with Gasteiger partial charge in [-0.3, -0.25) is 4.90 Å². The van der Waals surface area contributed by atoms with Crippen molar-refractivity contribution in [3.05, 3.63) is 22.4 Å². The summed E-state index contributed by atoms with van der Waals surface area (Å²) in [4.78, 5) is 3.56. The number of hydrogen-bond donors (Lipinski definition) is 1. The maximum absolute atomic E-state index is 13.1. The molecular weight excluding hydrogens is 199 g/mol. The summed E-state index contributed by atoms with van der Waals surface area (Å²) in [5.41, 5.74) is 5.68. The third-order valence-electron chi connectivity index (χ3n) is 2.61. The molecule has 14 heavy (non-hydrogen) atoms. The molecule has 2 unspecified atom stereocenters. The van der Waals surface area contributed by atoms with Gasteiger partial charge in [-0.1, -0.05) is 6.07 Å². The summed E-state index contributed by atoms with van der Waals surface area (Å²) in [6, 6.07) is 3.85. The molecule has 0 saturated carbocycles. The molecule has 1 aliphatic rings. The second kappa shape index (κ2) is 4.38. The van der Waals surface area contributed by atoms with Gasteiger partial charge < -0.3 is 5.73 Å². The normalized spacial score (nSPS) is 29.3. The summed E-state index contributed by atoms with van der Waals surface area (Å²) < 4.78 is 13.1. The minimum Gasteiger partial charge on any atom is -0.324 e. The highest BCUT2D eigenvalue weighted by Crippen LogP contribution is 2.17. The van der Waals surface area contributed by atoms with Crippen molar-refractivity contribution >= 4 is 11.3 Å². The van der Waals surface area contributed by atoms with E-state index in [4.69, 9.17) is 5.73 Å². The first-order valence-electron chi connectivity index (χ1n) is 4.90. The molecule has 1 aromatic rings. The highest BCUT2D eigenvalue weighted by atomic mass is 32.1. The lowest BCUT2D eigenvalue weighted by Gasteiger charge is -2.32. The Morgan fingerprint density at radius 1 is 1.64 bits per heavy atom. The Bertz CT molecular complexity index is 276. The molecule has 1 fully saturated rings. The van der Waals surface area contributed by atoms with Crippen LogP contribution in [0, 0.1) is 0 Å². The number of piperidine rings is 1. The first kappa shape index (κ1) is 10.1. The van der Waals surface area contributed by atoms with Crippen LogP contribution in [-0.2, 0) is 6.54 Å². The number of thiophene rings is 1. The highest BCUT2D eigenvalue weighted by Gasteiger charge is 2.25. The van der Waals surface area contributed by atoms with Crippen molar-refractivity contribution in [2.45, 2.75) is 25.2 Å². The van der Waals surface area contributed by atoms with E-state index in [0.29, 0.717) is 13.0 Å². The van der Waals surface area contributed by atoms with Crippen LogP contribution in [0.15, 0.2) is 17.5 Å². The van der Waals surface area contributed by atoms with Gasteiger partial charge in [-0.05, 0) is 17.9 Å². The number of nitrogens with zero attached hydrogens (tertiary/aromatic N) is 1. The van der Waals surface area contributed by atoms with E-state index < -0.39 is 6.17 Å². The van der Waals surface area contributed by atoms with Crippen LogP contribution in [0.5, 0.6) is 0 Å². The lowest BCUT2D eigenvalue weighted by molar-refractivity contribution is 0.123. The fourth-order valence-electron chi connectivity index (χ4n) is 1.79. The van der Waals surface area contributed by atoms with E-state index in [1.807, 2.05) is 6.07 Å². The van der Waals surface area contributed by atoms with Crippen molar-refractivity contribution in [2.75, 3.05) is 13.1 Å². The van der Waals surface area contributed by atoms with Gasteiger partial charge in [0.15, 0.2) is 0 Å². The number of rotatable bonds is 2. The van der Waals surface area contributed by atoms with Gasteiger partial charge in [-0.2, -0.15) is 0 Å². The molecule has 4 heteroatoms. The second-order valence-corrected chi connectivity index (χ2v) is 4.82. The molecule has 1 aromatic heterocycles. The number of halogens is 1. The molecule has 0 amide bonds. The number of nitrogens with two attached hydrogens (primary N) is 1. The molecule has 78 valence electrons. The van der Waals surface area contributed by atoms with Gasteiger partial charge >= 0.3 is 0 Å². The molecule has 0 aliphatic carbocycles. The molecule has 2 nitrogen and oxygen atoms in total. The summed E-state index contributed by atoms with van der Waals surface area (Å²) in [6.07, 6.45) is -0.235. The Balaban J connectivity index is 1.88. The molecule has 0 bridgehead atoms. The molecular formula is C10H15FN2S. The summed E-state index contributed by atoms with van der Waals surface area (Å²) >= 11 is 1.74. The van der Waals surface area contributed by atoms with E-state index in [1.165, 1.54) is 4.88 Å². The van der Waals surface area contributed by atoms with Gasteiger partial charge in [-0.15, -0.1) is 11.3 Å². The van der Waals surface area contributed by atoms with Crippen LogP contribution < -0.4 is 5.73 Å².